The number of ether oxygens (including phenoxy) is 1. The Balaban J connectivity index is 1.95. The molecule has 0 saturated carbocycles. The van der Waals surface area contributed by atoms with Crippen LogP contribution in [0.3, 0.4) is 0 Å². The van der Waals surface area contributed by atoms with Crippen LogP contribution in [-0.2, 0) is 9.53 Å². The topological polar surface area (TPSA) is 82.0 Å². The van der Waals surface area contributed by atoms with Crippen LogP contribution in [-0.4, -0.2) is 55.1 Å². The maximum Gasteiger partial charge on any atom is 0.253 e. The molecule has 0 aromatic heterocycles. The zero-order valence-corrected chi connectivity index (χ0v) is 10.6. The summed E-state index contributed by atoms with van der Waals surface area (Å²) in [6.45, 7) is 1.26. The summed E-state index contributed by atoms with van der Waals surface area (Å²) in [5.41, 5.74) is 1.67. The first-order valence-electron chi connectivity index (χ1n) is 6.21. The number of hydrogen-bond donors (Lipinski definition) is 3. The van der Waals surface area contributed by atoms with Crippen molar-refractivity contribution in [3.8, 4) is 0 Å². The van der Waals surface area contributed by atoms with Gasteiger partial charge in [0.2, 0.25) is 0 Å². The Bertz CT molecular complexity index is 421. The van der Waals surface area contributed by atoms with Gasteiger partial charge in [-0.2, -0.15) is 0 Å². The van der Waals surface area contributed by atoms with Crippen molar-refractivity contribution < 1.29 is 19.7 Å². The molecule has 1 fully saturated rings. The average molecular weight is 266 g/mol. The number of carbonyl (C=O) groups excluding carboxylic acids is 1. The third kappa shape index (κ3) is 3.66. The Kier molecular flexibility index (Phi) is 4.73. The van der Waals surface area contributed by atoms with Gasteiger partial charge in [0.1, 0.15) is 6.61 Å². The van der Waals surface area contributed by atoms with Gasteiger partial charge >= 0.3 is 0 Å². The van der Waals surface area contributed by atoms with Gasteiger partial charge in [0.15, 0.2) is 0 Å². The van der Waals surface area contributed by atoms with Crippen LogP contribution in [0.5, 0.6) is 0 Å². The van der Waals surface area contributed by atoms with E-state index >= 15 is 0 Å². The minimum absolute atomic E-state index is 0.0392. The summed E-state index contributed by atoms with van der Waals surface area (Å²) in [5.74, 6) is -0.0392. The molecule has 0 aliphatic carbocycles. The molecular weight excluding hydrogens is 248 g/mol. The number of aliphatic hydroxyl groups is 2. The molecule has 1 heterocycles. The van der Waals surface area contributed by atoms with Crippen molar-refractivity contribution in [3.05, 3.63) is 24.3 Å². The van der Waals surface area contributed by atoms with Crippen LogP contribution >= 0.6 is 0 Å². The summed E-state index contributed by atoms with van der Waals surface area (Å²) >= 11 is 0. The summed E-state index contributed by atoms with van der Waals surface area (Å²) in [6.07, 6.45) is -0.777. The highest BCUT2D eigenvalue weighted by Crippen LogP contribution is 2.19. The quantitative estimate of drug-likeness (QED) is 0.688. The number of aliphatic hydroxyl groups excluding tert-OH is 2. The lowest BCUT2D eigenvalue weighted by Crippen LogP contribution is -2.41. The number of carbonyl (C=O) groups is 1. The van der Waals surface area contributed by atoms with Crippen LogP contribution in [0, 0.1) is 0 Å². The summed E-state index contributed by atoms with van der Waals surface area (Å²) in [7, 11) is 0. The van der Waals surface area contributed by atoms with Gasteiger partial charge < -0.3 is 25.2 Å². The van der Waals surface area contributed by atoms with Gasteiger partial charge in [-0.05, 0) is 24.3 Å². The molecule has 3 N–H and O–H groups in total. The van der Waals surface area contributed by atoms with Crippen LogP contribution in [0.1, 0.15) is 0 Å². The Morgan fingerprint density at radius 1 is 1.37 bits per heavy atom. The van der Waals surface area contributed by atoms with Crippen molar-refractivity contribution in [2.75, 3.05) is 43.1 Å². The van der Waals surface area contributed by atoms with E-state index in [0.29, 0.717) is 13.2 Å². The monoisotopic (exact) mass is 266 g/mol. The fourth-order valence-electron chi connectivity index (χ4n) is 1.85. The fourth-order valence-corrected chi connectivity index (χ4v) is 1.85. The molecule has 1 aliphatic rings. The van der Waals surface area contributed by atoms with Gasteiger partial charge in [-0.15, -0.1) is 0 Å². The largest absolute Gasteiger partial charge is 0.394 e. The molecule has 104 valence electrons. The molecule has 1 amide bonds. The van der Waals surface area contributed by atoms with E-state index in [-0.39, 0.29) is 25.7 Å². The third-order valence-electron chi connectivity index (χ3n) is 2.92. The van der Waals surface area contributed by atoms with E-state index in [1.807, 2.05) is 24.3 Å². The second-order valence-corrected chi connectivity index (χ2v) is 4.36. The minimum Gasteiger partial charge on any atom is -0.394 e. The second kappa shape index (κ2) is 6.51. The maximum absolute atomic E-state index is 11.7. The second-order valence-electron chi connectivity index (χ2n) is 4.36. The molecule has 0 unspecified atom stereocenters. The summed E-state index contributed by atoms with van der Waals surface area (Å²) in [6, 6.07) is 7.36. The molecule has 1 atom stereocenters. The third-order valence-corrected chi connectivity index (χ3v) is 2.92. The smallest absolute Gasteiger partial charge is 0.253 e. The molecule has 2 rings (SSSR count). The molecule has 6 nitrogen and oxygen atoms in total. The maximum atomic E-state index is 11.7. The van der Waals surface area contributed by atoms with E-state index in [1.165, 1.54) is 0 Å². The number of rotatable bonds is 5. The minimum atomic E-state index is -0.777. The number of anilines is 2. The number of nitrogens with zero attached hydrogens (tertiary/aromatic N) is 1. The number of amides is 1. The molecule has 0 spiro atoms. The Hall–Kier alpha value is -1.63. The predicted molar refractivity (Wildman–Crippen MR) is 71.2 cm³/mol. The van der Waals surface area contributed by atoms with E-state index in [2.05, 4.69) is 5.32 Å². The van der Waals surface area contributed by atoms with Crippen molar-refractivity contribution in [1.29, 1.82) is 0 Å². The first-order valence-corrected chi connectivity index (χ1v) is 6.21. The first kappa shape index (κ1) is 13.8. The highest BCUT2D eigenvalue weighted by molar-refractivity contribution is 5.94. The molecule has 1 aliphatic heterocycles. The standard InChI is InChI=1S/C13H18N2O4/c16-8-12(17)7-14-10-1-3-11(4-2-10)15-5-6-19-9-13(15)18/h1-4,12,14,16-17H,5-9H2/t12-/m1/s1. The summed E-state index contributed by atoms with van der Waals surface area (Å²) in [4.78, 5) is 13.3. The van der Waals surface area contributed by atoms with Gasteiger partial charge in [0, 0.05) is 24.5 Å². The van der Waals surface area contributed by atoms with Gasteiger partial charge in [-0.25, -0.2) is 0 Å². The van der Waals surface area contributed by atoms with Gasteiger partial charge in [-0.3, -0.25) is 4.79 Å². The zero-order valence-electron chi connectivity index (χ0n) is 10.6. The molecule has 19 heavy (non-hydrogen) atoms. The Morgan fingerprint density at radius 3 is 2.74 bits per heavy atom. The first-order chi connectivity index (χ1) is 9.20. The van der Waals surface area contributed by atoms with Crippen LogP contribution in [0.2, 0.25) is 0 Å². The molecule has 1 aromatic rings. The fraction of sp³-hybridized carbons (Fsp3) is 0.462. The van der Waals surface area contributed by atoms with Gasteiger partial charge in [-0.1, -0.05) is 0 Å². The van der Waals surface area contributed by atoms with Crippen molar-refractivity contribution in [1.82, 2.24) is 0 Å². The lowest BCUT2D eigenvalue weighted by atomic mass is 10.2. The van der Waals surface area contributed by atoms with E-state index in [9.17, 15) is 9.90 Å². The normalized spacial score (nSPS) is 17.4. The molecular formula is C13H18N2O4. The number of hydrogen-bond acceptors (Lipinski definition) is 5. The molecule has 0 bridgehead atoms. The van der Waals surface area contributed by atoms with Crippen LogP contribution < -0.4 is 10.2 Å². The van der Waals surface area contributed by atoms with Crippen molar-refractivity contribution in [2.45, 2.75) is 6.10 Å². The Morgan fingerprint density at radius 2 is 2.11 bits per heavy atom. The molecule has 0 radical (unpaired) electrons. The summed E-state index contributed by atoms with van der Waals surface area (Å²) < 4.78 is 5.08. The van der Waals surface area contributed by atoms with E-state index < -0.39 is 6.10 Å². The van der Waals surface area contributed by atoms with Gasteiger partial charge in [0.05, 0.1) is 19.3 Å². The van der Waals surface area contributed by atoms with E-state index in [0.717, 1.165) is 11.4 Å². The van der Waals surface area contributed by atoms with E-state index in [1.54, 1.807) is 4.90 Å². The van der Waals surface area contributed by atoms with E-state index in [4.69, 9.17) is 9.84 Å². The SMILES string of the molecule is O=C1COCCN1c1ccc(NC[C@@H](O)CO)cc1. The van der Waals surface area contributed by atoms with Crippen LogP contribution in [0.4, 0.5) is 11.4 Å². The number of nitrogens with one attached hydrogen (secondary N) is 1. The molecule has 1 aromatic carbocycles. The number of benzene rings is 1. The van der Waals surface area contributed by atoms with Crippen LogP contribution in [0.25, 0.3) is 0 Å². The van der Waals surface area contributed by atoms with Crippen molar-refractivity contribution in [3.63, 3.8) is 0 Å². The predicted octanol–water partition coefficient (Wildman–Crippen LogP) is -0.185. The van der Waals surface area contributed by atoms with Crippen molar-refractivity contribution in [2.24, 2.45) is 0 Å². The molecule has 1 saturated heterocycles. The lowest BCUT2D eigenvalue weighted by molar-refractivity contribution is -0.125. The van der Waals surface area contributed by atoms with Crippen LogP contribution in [0.15, 0.2) is 24.3 Å². The number of morpholine rings is 1. The van der Waals surface area contributed by atoms with Crippen molar-refractivity contribution >= 4 is 17.3 Å². The lowest BCUT2D eigenvalue weighted by Gasteiger charge is -2.27. The average Bonchev–Trinajstić information content (AvgIpc) is 2.46. The highest BCUT2D eigenvalue weighted by Gasteiger charge is 2.19. The highest BCUT2D eigenvalue weighted by atomic mass is 16.5. The summed E-state index contributed by atoms with van der Waals surface area (Å²) in [5, 5.41) is 20.9. The molecule has 6 heteroatoms. The van der Waals surface area contributed by atoms with Gasteiger partial charge in [0.25, 0.3) is 5.91 Å². The zero-order chi connectivity index (χ0) is 13.7. The Labute approximate surface area is 111 Å².